The number of hydrogen-bond acceptors (Lipinski definition) is 5. The lowest BCUT2D eigenvalue weighted by atomic mass is 10.2. The molecule has 0 aromatic heterocycles. The van der Waals surface area contributed by atoms with Gasteiger partial charge in [0.25, 0.3) is 0 Å². The fraction of sp³-hybridized carbons (Fsp3) is 0.400. The number of halogens is 3. The Morgan fingerprint density at radius 2 is 1.86 bits per heavy atom. The highest BCUT2D eigenvalue weighted by Crippen LogP contribution is 2.37. The first-order chi connectivity index (χ1) is 13.5. The van der Waals surface area contributed by atoms with Crippen LogP contribution in [-0.4, -0.2) is 38.1 Å². The molecule has 0 unspecified atom stereocenters. The van der Waals surface area contributed by atoms with E-state index in [0.29, 0.717) is 61.1 Å². The first-order valence-corrected chi connectivity index (χ1v) is 10.5. The third-order valence-electron chi connectivity index (χ3n) is 3.72. The second-order valence-electron chi connectivity index (χ2n) is 5.89. The van der Waals surface area contributed by atoms with E-state index in [1.54, 1.807) is 12.1 Å². The Labute approximate surface area is 184 Å². The molecule has 0 amide bonds. The van der Waals surface area contributed by atoms with Gasteiger partial charge in [-0.15, -0.1) is 0 Å². The van der Waals surface area contributed by atoms with Crippen molar-refractivity contribution in [1.29, 1.82) is 0 Å². The molecule has 2 aromatic carbocycles. The lowest BCUT2D eigenvalue weighted by Gasteiger charge is -2.16. The first kappa shape index (κ1) is 23.3. The molecule has 0 heterocycles. The fourth-order valence-corrected chi connectivity index (χ4v) is 3.38. The van der Waals surface area contributed by atoms with Crippen molar-refractivity contribution < 1.29 is 19.3 Å². The summed E-state index contributed by atoms with van der Waals surface area (Å²) in [6, 6.07) is 9.36. The van der Waals surface area contributed by atoms with Crippen molar-refractivity contribution in [3.05, 3.63) is 56.0 Å². The highest BCUT2D eigenvalue weighted by Gasteiger charge is 2.13. The minimum absolute atomic E-state index is 0.0361. The van der Waals surface area contributed by atoms with E-state index in [4.69, 9.17) is 42.5 Å². The Hall–Kier alpha value is -1.02. The summed E-state index contributed by atoms with van der Waals surface area (Å²) in [7, 11) is 0. The van der Waals surface area contributed by atoms with Crippen LogP contribution in [0.3, 0.4) is 0 Å². The molecule has 0 aliphatic heterocycles. The van der Waals surface area contributed by atoms with E-state index < -0.39 is 0 Å². The van der Waals surface area contributed by atoms with E-state index in [9.17, 15) is 0 Å². The van der Waals surface area contributed by atoms with E-state index in [1.807, 2.05) is 25.1 Å². The number of rotatable bonds is 12. The van der Waals surface area contributed by atoms with Gasteiger partial charge in [0.1, 0.15) is 6.61 Å². The predicted molar refractivity (Wildman–Crippen MR) is 116 cm³/mol. The van der Waals surface area contributed by atoms with Gasteiger partial charge in [-0.2, -0.15) is 0 Å². The second-order valence-corrected chi connectivity index (χ2v) is 7.56. The van der Waals surface area contributed by atoms with Crippen molar-refractivity contribution in [3.63, 3.8) is 0 Å². The Morgan fingerprint density at radius 1 is 1.04 bits per heavy atom. The number of hydrogen-bond donors (Lipinski definition) is 2. The van der Waals surface area contributed by atoms with Crippen LogP contribution in [0.2, 0.25) is 10.0 Å². The molecule has 0 aliphatic carbocycles. The van der Waals surface area contributed by atoms with E-state index >= 15 is 0 Å². The molecule has 0 bridgehead atoms. The van der Waals surface area contributed by atoms with Crippen molar-refractivity contribution in [2.75, 3.05) is 33.0 Å². The van der Waals surface area contributed by atoms with Gasteiger partial charge < -0.3 is 24.6 Å². The molecular weight excluding hydrogens is 469 g/mol. The largest absolute Gasteiger partial charge is 0.490 e. The van der Waals surface area contributed by atoms with Gasteiger partial charge in [0.2, 0.25) is 0 Å². The molecule has 0 atom stereocenters. The molecule has 0 spiro atoms. The quantitative estimate of drug-likeness (QED) is 0.415. The molecule has 28 heavy (non-hydrogen) atoms. The lowest BCUT2D eigenvalue weighted by Crippen LogP contribution is -2.20. The highest BCUT2D eigenvalue weighted by molar-refractivity contribution is 9.10. The maximum atomic E-state index is 8.69. The molecule has 2 N–H and O–H groups in total. The average Bonchev–Trinajstić information content (AvgIpc) is 2.67. The number of aliphatic hydroxyl groups excluding tert-OH is 1. The van der Waals surface area contributed by atoms with Gasteiger partial charge >= 0.3 is 0 Å². The molecule has 0 fully saturated rings. The van der Waals surface area contributed by atoms with Crippen molar-refractivity contribution in [2.24, 2.45) is 0 Å². The van der Waals surface area contributed by atoms with Crippen LogP contribution in [-0.2, 0) is 17.9 Å². The monoisotopic (exact) mass is 491 g/mol. The zero-order valence-electron chi connectivity index (χ0n) is 15.6. The number of ether oxygens (including phenoxy) is 3. The van der Waals surface area contributed by atoms with E-state index in [-0.39, 0.29) is 6.61 Å². The SMILES string of the molecule is CCOc1cc(CNCCOCCO)cc(Br)c1OCc1ccc(Cl)c(Cl)c1. The van der Waals surface area contributed by atoms with Crippen LogP contribution < -0.4 is 14.8 Å². The summed E-state index contributed by atoms with van der Waals surface area (Å²) < 4.78 is 17.8. The van der Waals surface area contributed by atoms with Crippen LogP contribution in [0.4, 0.5) is 0 Å². The first-order valence-electron chi connectivity index (χ1n) is 8.96. The maximum Gasteiger partial charge on any atom is 0.175 e. The summed E-state index contributed by atoms with van der Waals surface area (Å²) in [5.74, 6) is 1.31. The molecular formula is C20H24BrCl2NO4. The zero-order valence-corrected chi connectivity index (χ0v) is 18.7. The molecule has 2 rings (SSSR count). The summed E-state index contributed by atoms with van der Waals surface area (Å²) in [5.41, 5.74) is 1.97. The van der Waals surface area contributed by atoms with E-state index in [0.717, 1.165) is 15.6 Å². The summed E-state index contributed by atoms with van der Waals surface area (Å²) in [6.07, 6.45) is 0. The fourth-order valence-electron chi connectivity index (χ4n) is 2.46. The van der Waals surface area contributed by atoms with Crippen LogP contribution in [0.15, 0.2) is 34.8 Å². The summed E-state index contributed by atoms with van der Waals surface area (Å²) >= 11 is 15.6. The van der Waals surface area contributed by atoms with Gasteiger partial charge in [-0.05, 0) is 58.2 Å². The van der Waals surface area contributed by atoms with Crippen molar-refractivity contribution in [2.45, 2.75) is 20.1 Å². The van der Waals surface area contributed by atoms with Crippen molar-refractivity contribution in [1.82, 2.24) is 5.32 Å². The maximum absolute atomic E-state index is 8.69. The average molecular weight is 493 g/mol. The van der Waals surface area contributed by atoms with Crippen LogP contribution in [0.1, 0.15) is 18.1 Å². The lowest BCUT2D eigenvalue weighted by molar-refractivity contribution is 0.0938. The van der Waals surface area contributed by atoms with Gasteiger partial charge in [-0.1, -0.05) is 29.3 Å². The molecule has 154 valence electrons. The van der Waals surface area contributed by atoms with Crippen LogP contribution in [0.5, 0.6) is 11.5 Å². The standard InChI is InChI=1S/C20H24BrCl2NO4/c1-2-27-19-11-15(12-24-5-7-26-8-6-25)9-16(21)20(19)28-13-14-3-4-17(22)18(23)10-14/h3-4,9-11,24-25H,2,5-8,12-13H2,1H3. The van der Waals surface area contributed by atoms with Crippen LogP contribution >= 0.6 is 39.1 Å². The minimum atomic E-state index is 0.0361. The van der Waals surface area contributed by atoms with Gasteiger partial charge in [0, 0.05) is 13.1 Å². The summed E-state index contributed by atoms with van der Waals surface area (Å²) in [5, 5.41) is 13.0. The Morgan fingerprint density at radius 3 is 2.57 bits per heavy atom. The number of benzene rings is 2. The zero-order chi connectivity index (χ0) is 20.4. The number of aliphatic hydroxyl groups is 1. The van der Waals surface area contributed by atoms with Gasteiger partial charge in [0.15, 0.2) is 11.5 Å². The highest BCUT2D eigenvalue weighted by atomic mass is 79.9. The molecule has 0 aliphatic rings. The predicted octanol–water partition coefficient (Wildman–Crippen LogP) is 4.83. The smallest absolute Gasteiger partial charge is 0.175 e. The summed E-state index contributed by atoms with van der Waals surface area (Å²) in [4.78, 5) is 0. The van der Waals surface area contributed by atoms with Crippen LogP contribution in [0, 0.1) is 0 Å². The Balaban J connectivity index is 2.01. The van der Waals surface area contributed by atoms with Gasteiger partial charge in [-0.25, -0.2) is 0 Å². The van der Waals surface area contributed by atoms with Crippen LogP contribution in [0.25, 0.3) is 0 Å². The number of nitrogens with one attached hydrogen (secondary N) is 1. The molecule has 2 aromatic rings. The van der Waals surface area contributed by atoms with Gasteiger partial charge in [0.05, 0.1) is 40.9 Å². The van der Waals surface area contributed by atoms with Crippen molar-refractivity contribution >= 4 is 39.1 Å². The van der Waals surface area contributed by atoms with Gasteiger partial charge in [-0.3, -0.25) is 0 Å². The molecule has 0 saturated heterocycles. The summed E-state index contributed by atoms with van der Waals surface area (Å²) in [6.45, 7) is 5.09. The second kappa shape index (κ2) is 12.5. The minimum Gasteiger partial charge on any atom is -0.490 e. The Kier molecular flexibility index (Phi) is 10.4. The molecule has 0 saturated carbocycles. The third kappa shape index (κ3) is 7.43. The topological polar surface area (TPSA) is 60.0 Å². The third-order valence-corrected chi connectivity index (χ3v) is 5.05. The molecule has 0 radical (unpaired) electrons. The Bertz CT molecular complexity index is 761. The molecule has 5 nitrogen and oxygen atoms in total. The van der Waals surface area contributed by atoms with Crippen molar-refractivity contribution in [3.8, 4) is 11.5 Å². The normalized spacial score (nSPS) is 10.9. The molecule has 8 heteroatoms. The van der Waals surface area contributed by atoms with E-state index in [2.05, 4.69) is 21.2 Å². The van der Waals surface area contributed by atoms with E-state index in [1.165, 1.54) is 0 Å².